The first-order valence-corrected chi connectivity index (χ1v) is 12.3. The Balaban J connectivity index is 1.80. The van der Waals surface area contributed by atoms with Crippen LogP contribution in [0.5, 0.6) is 0 Å². The molecule has 3 rings (SSSR count). The molecule has 0 radical (unpaired) electrons. The Bertz CT molecular complexity index is 867. The van der Waals surface area contributed by atoms with Gasteiger partial charge in [0.2, 0.25) is 0 Å². The molecule has 1 saturated carbocycles. The number of hydrogen-bond acceptors (Lipinski definition) is 4. The van der Waals surface area contributed by atoms with Gasteiger partial charge in [0.25, 0.3) is 0 Å². The van der Waals surface area contributed by atoms with Crippen LogP contribution in [0.3, 0.4) is 0 Å². The van der Waals surface area contributed by atoms with E-state index in [1.165, 1.54) is 17.0 Å². The summed E-state index contributed by atoms with van der Waals surface area (Å²) < 4.78 is 25.3. The van der Waals surface area contributed by atoms with E-state index in [0.717, 1.165) is 24.8 Å². The lowest BCUT2D eigenvalue weighted by atomic mass is 9.75. The van der Waals surface area contributed by atoms with Crippen molar-refractivity contribution in [1.82, 2.24) is 4.90 Å². The van der Waals surface area contributed by atoms with Crippen LogP contribution in [0.4, 0.5) is 9.18 Å². The van der Waals surface area contributed by atoms with Crippen molar-refractivity contribution in [1.29, 1.82) is 0 Å². The minimum Gasteiger partial charge on any atom is -0.461 e. The minimum atomic E-state index is -0.730. The highest BCUT2D eigenvalue weighted by Crippen LogP contribution is 2.36. The highest BCUT2D eigenvalue weighted by Gasteiger charge is 2.42. The second-order valence-corrected chi connectivity index (χ2v) is 10.1. The van der Waals surface area contributed by atoms with Crippen molar-refractivity contribution in [3.63, 3.8) is 0 Å². The number of likely N-dealkylation sites (tertiary alicyclic amines) is 1. The molecule has 1 amide bonds. The first-order chi connectivity index (χ1) is 15.7. The maximum atomic E-state index is 13.6. The molecule has 2 fully saturated rings. The Morgan fingerprint density at radius 2 is 2.00 bits per heavy atom. The summed E-state index contributed by atoms with van der Waals surface area (Å²) in [7, 11) is 0. The lowest BCUT2D eigenvalue weighted by molar-refractivity contribution is -0.160. The van der Waals surface area contributed by atoms with Crippen LogP contribution < -0.4 is 0 Å². The Hall–Kier alpha value is -2.37. The average Bonchev–Trinajstić information content (AvgIpc) is 3.17. The zero-order chi connectivity index (χ0) is 24.1. The van der Waals surface area contributed by atoms with Gasteiger partial charge in [-0.25, -0.2) is 14.0 Å². The van der Waals surface area contributed by atoms with Crippen LogP contribution >= 0.6 is 0 Å². The van der Waals surface area contributed by atoms with Crippen molar-refractivity contribution < 1.29 is 23.5 Å². The summed E-state index contributed by atoms with van der Waals surface area (Å²) in [6.45, 7) is 10.6. The van der Waals surface area contributed by atoms with Crippen LogP contribution in [-0.4, -0.2) is 41.8 Å². The highest BCUT2D eigenvalue weighted by atomic mass is 19.1. The number of ether oxygens (including phenoxy) is 2. The lowest BCUT2D eigenvalue weighted by Crippen LogP contribution is -2.45. The van der Waals surface area contributed by atoms with Crippen LogP contribution in [-0.2, 0) is 14.3 Å². The topological polar surface area (TPSA) is 55.8 Å². The van der Waals surface area contributed by atoms with Gasteiger partial charge in [0, 0.05) is 13.0 Å². The first kappa shape index (κ1) is 25.3. The number of halogens is 1. The Morgan fingerprint density at radius 1 is 1.24 bits per heavy atom. The standard InChI is InChI=1S/C27H38FNO4/c1-6-19(5)32-27(31)29-16-21(13-20-8-7-9-22(28)14-20)15-24(29)26(30)33-25-12-18(4)10-11-23(25)17(2)3/h7-9,13-14,17-19,23-25H,6,10-12,15-16H2,1-5H3. The summed E-state index contributed by atoms with van der Waals surface area (Å²) in [5, 5.41) is 0. The summed E-state index contributed by atoms with van der Waals surface area (Å²) in [5.74, 6) is 0.570. The fourth-order valence-corrected chi connectivity index (χ4v) is 4.89. The number of amides is 1. The Labute approximate surface area is 197 Å². The van der Waals surface area contributed by atoms with Gasteiger partial charge in [-0.3, -0.25) is 4.90 Å². The summed E-state index contributed by atoms with van der Waals surface area (Å²) in [6.07, 6.45) is 5.06. The summed E-state index contributed by atoms with van der Waals surface area (Å²) >= 11 is 0. The SMILES string of the molecule is CCC(C)OC(=O)N1CC(=Cc2cccc(F)c2)CC1C(=O)OC1CC(C)CCC1C(C)C. The van der Waals surface area contributed by atoms with Crippen molar-refractivity contribution in [3.05, 3.63) is 41.2 Å². The van der Waals surface area contributed by atoms with Gasteiger partial charge in [-0.1, -0.05) is 52.3 Å². The molecule has 182 valence electrons. The molecule has 1 aliphatic heterocycles. The van der Waals surface area contributed by atoms with Gasteiger partial charge in [0.15, 0.2) is 0 Å². The van der Waals surface area contributed by atoms with Crippen molar-refractivity contribution in [2.24, 2.45) is 17.8 Å². The molecule has 33 heavy (non-hydrogen) atoms. The maximum Gasteiger partial charge on any atom is 0.411 e. The van der Waals surface area contributed by atoms with Gasteiger partial charge >= 0.3 is 12.1 Å². The third-order valence-electron chi connectivity index (χ3n) is 7.04. The number of benzene rings is 1. The van der Waals surface area contributed by atoms with Crippen LogP contribution in [0.2, 0.25) is 0 Å². The van der Waals surface area contributed by atoms with Gasteiger partial charge in [0.05, 0.1) is 0 Å². The molecule has 1 saturated heterocycles. The van der Waals surface area contributed by atoms with E-state index in [4.69, 9.17) is 9.47 Å². The van der Waals surface area contributed by atoms with Crippen LogP contribution in [0, 0.1) is 23.6 Å². The molecule has 6 heteroatoms. The molecular formula is C27H38FNO4. The molecular weight excluding hydrogens is 421 g/mol. The first-order valence-electron chi connectivity index (χ1n) is 12.3. The fraction of sp³-hybridized carbons (Fsp3) is 0.630. The fourth-order valence-electron chi connectivity index (χ4n) is 4.89. The number of hydrogen-bond donors (Lipinski definition) is 0. The third kappa shape index (κ3) is 6.58. The second-order valence-electron chi connectivity index (χ2n) is 10.1. The molecule has 1 aliphatic carbocycles. The van der Waals surface area contributed by atoms with Crippen molar-refractivity contribution in [3.8, 4) is 0 Å². The van der Waals surface area contributed by atoms with E-state index >= 15 is 0 Å². The van der Waals surface area contributed by atoms with Gasteiger partial charge in [0.1, 0.15) is 24.1 Å². The van der Waals surface area contributed by atoms with E-state index in [9.17, 15) is 14.0 Å². The Kier molecular flexibility index (Phi) is 8.55. The van der Waals surface area contributed by atoms with Gasteiger partial charge in [-0.15, -0.1) is 0 Å². The zero-order valence-electron chi connectivity index (χ0n) is 20.6. The number of carbonyl (C=O) groups is 2. The highest BCUT2D eigenvalue weighted by molar-refractivity contribution is 5.84. The van der Waals surface area contributed by atoms with Crippen LogP contribution in [0.25, 0.3) is 6.08 Å². The van der Waals surface area contributed by atoms with E-state index in [1.54, 1.807) is 12.1 Å². The van der Waals surface area contributed by atoms with Gasteiger partial charge in [-0.05, 0) is 67.2 Å². The molecule has 0 N–H and O–H groups in total. The summed E-state index contributed by atoms with van der Waals surface area (Å²) in [5.41, 5.74) is 1.58. The monoisotopic (exact) mass is 459 g/mol. The molecule has 5 unspecified atom stereocenters. The smallest absolute Gasteiger partial charge is 0.411 e. The quantitative estimate of drug-likeness (QED) is 0.474. The number of nitrogens with zero attached hydrogens (tertiary/aromatic N) is 1. The predicted molar refractivity (Wildman–Crippen MR) is 127 cm³/mol. The summed E-state index contributed by atoms with van der Waals surface area (Å²) in [4.78, 5) is 27.7. The Morgan fingerprint density at radius 3 is 2.67 bits per heavy atom. The van der Waals surface area contributed by atoms with Gasteiger partial charge in [-0.2, -0.15) is 0 Å². The molecule has 0 bridgehead atoms. The van der Waals surface area contributed by atoms with E-state index in [0.29, 0.717) is 36.2 Å². The summed E-state index contributed by atoms with van der Waals surface area (Å²) in [6, 6.07) is 5.56. The largest absolute Gasteiger partial charge is 0.461 e. The maximum absolute atomic E-state index is 13.6. The van der Waals surface area contributed by atoms with Crippen molar-refractivity contribution in [2.45, 2.75) is 85.0 Å². The average molecular weight is 460 g/mol. The molecule has 0 aromatic heterocycles. The van der Waals surface area contributed by atoms with Gasteiger partial charge < -0.3 is 9.47 Å². The predicted octanol–water partition coefficient (Wildman–Crippen LogP) is 6.22. The zero-order valence-corrected chi connectivity index (χ0v) is 20.6. The second kappa shape index (κ2) is 11.2. The number of carbonyl (C=O) groups excluding carboxylic acids is 2. The van der Waals surface area contributed by atoms with Crippen LogP contribution in [0.1, 0.15) is 72.3 Å². The van der Waals surface area contributed by atoms with E-state index in [-0.39, 0.29) is 30.5 Å². The molecule has 5 nitrogen and oxygen atoms in total. The molecule has 2 aliphatic rings. The van der Waals surface area contributed by atoms with E-state index < -0.39 is 12.1 Å². The normalized spacial score (nSPS) is 27.6. The van der Waals surface area contributed by atoms with Crippen molar-refractivity contribution >= 4 is 18.1 Å². The van der Waals surface area contributed by atoms with Crippen molar-refractivity contribution in [2.75, 3.05) is 6.54 Å². The number of rotatable bonds is 6. The third-order valence-corrected chi connectivity index (χ3v) is 7.04. The molecule has 0 spiro atoms. The van der Waals surface area contributed by atoms with E-state index in [2.05, 4.69) is 20.8 Å². The van der Waals surface area contributed by atoms with E-state index in [1.807, 2.05) is 19.9 Å². The number of esters is 1. The minimum absolute atomic E-state index is 0.134. The van der Waals surface area contributed by atoms with Crippen LogP contribution in [0.15, 0.2) is 29.8 Å². The molecule has 5 atom stereocenters. The lowest BCUT2D eigenvalue weighted by Gasteiger charge is -2.37. The molecule has 1 aromatic rings. The molecule has 1 heterocycles. The molecule has 1 aromatic carbocycles.